The average Bonchev–Trinajstić information content (AvgIpc) is 2.84. The van der Waals surface area contributed by atoms with E-state index in [9.17, 15) is 10.1 Å². The second-order valence-corrected chi connectivity index (χ2v) is 9.99. The van der Waals surface area contributed by atoms with Crippen LogP contribution < -0.4 is 5.32 Å². The molecule has 0 spiro atoms. The van der Waals surface area contributed by atoms with Gasteiger partial charge in [0.1, 0.15) is 11.1 Å². The fourth-order valence-corrected chi connectivity index (χ4v) is 5.44. The number of carbonyl (C=O) groups excluding carboxylic acids is 1. The third-order valence-corrected chi connectivity index (χ3v) is 8.06. The van der Waals surface area contributed by atoms with Crippen LogP contribution in [0.4, 0.5) is 5.69 Å². The number of anilines is 1. The first kappa shape index (κ1) is 23.6. The number of fused-ring (bicyclic) bond motifs is 1. The lowest BCUT2D eigenvalue weighted by Crippen LogP contribution is -2.25. The lowest BCUT2D eigenvalue weighted by Gasteiger charge is -2.25. The predicted octanol–water partition coefficient (Wildman–Crippen LogP) is 7.04. The zero-order chi connectivity index (χ0) is 23.4. The molecule has 1 aromatic heterocycles. The Morgan fingerprint density at radius 3 is 2.76 bits per heavy atom. The number of nitrogens with zero attached hydrogens (tertiary/aromatic N) is 2. The summed E-state index contributed by atoms with van der Waals surface area (Å²) in [6, 6.07) is 19.8. The highest BCUT2D eigenvalue weighted by Crippen LogP contribution is 2.36. The highest BCUT2D eigenvalue weighted by Gasteiger charge is 2.26. The molecule has 0 bridgehead atoms. The molecule has 168 valence electrons. The van der Waals surface area contributed by atoms with Gasteiger partial charge in [-0.3, -0.25) is 4.79 Å². The normalized spacial score (nSPS) is 15.9. The van der Waals surface area contributed by atoms with Gasteiger partial charge in [-0.15, -0.1) is 0 Å². The van der Waals surface area contributed by atoms with Gasteiger partial charge >= 0.3 is 0 Å². The van der Waals surface area contributed by atoms with Gasteiger partial charge in [0, 0.05) is 5.69 Å². The number of aromatic nitrogens is 1. The molecule has 2 atom stereocenters. The topological polar surface area (TPSA) is 65.8 Å². The number of aryl methyl sites for hydroxylation is 1. The summed E-state index contributed by atoms with van der Waals surface area (Å²) in [6.07, 6.45) is 3.32. The van der Waals surface area contributed by atoms with Crippen LogP contribution >= 0.6 is 35.0 Å². The van der Waals surface area contributed by atoms with Crippen LogP contribution in [0.5, 0.6) is 0 Å². The van der Waals surface area contributed by atoms with Gasteiger partial charge < -0.3 is 5.32 Å². The van der Waals surface area contributed by atoms with Crippen molar-refractivity contribution in [1.82, 2.24) is 4.98 Å². The Balaban J connectivity index is 1.53. The second kappa shape index (κ2) is 10.6. The summed E-state index contributed by atoms with van der Waals surface area (Å²) in [4.78, 5) is 17.8. The molecule has 1 N–H and O–H groups in total. The molecular weight excluding hydrogens is 473 g/mol. The smallest absolute Gasteiger partial charge is 0.237 e. The first-order valence-corrected chi connectivity index (χ1v) is 12.5. The monoisotopic (exact) mass is 495 g/mol. The number of carbonyl (C=O) groups is 1. The fraction of sp³-hybridized carbons (Fsp3) is 0.269. The van der Waals surface area contributed by atoms with Gasteiger partial charge in [0.25, 0.3) is 0 Å². The van der Waals surface area contributed by atoms with E-state index in [0.29, 0.717) is 38.7 Å². The van der Waals surface area contributed by atoms with Crippen molar-refractivity contribution >= 4 is 46.6 Å². The minimum absolute atomic E-state index is 0.195. The standard InChI is InChI=1S/C26H23Cl2N3OS/c1-2-23(25(32)30-22-10-6-9-20(27)24(22)28)33-26-19(15-29)14-18-13-17(11-12-21(18)31-26)16-7-4-3-5-8-16/h3-10,14,17,23H,2,11-13H2,1H3,(H,30,32). The number of nitriles is 1. The third-order valence-electron chi connectivity index (χ3n) is 5.87. The van der Waals surface area contributed by atoms with Crippen LogP contribution in [0.25, 0.3) is 0 Å². The van der Waals surface area contributed by atoms with Crippen molar-refractivity contribution < 1.29 is 4.79 Å². The average molecular weight is 496 g/mol. The van der Waals surface area contributed by atoms with Gasteiger partial charge in [-0.1, -0.05) is 78.3 Å². The van der Waals surface area contributed by atoms with Crippen molar-refractivity contribution in [2.75, 3.05) is 5.32 Å². The Labute approximate surface area is 208 Å². The van der Waals surface area contributed by atoms with Gasteiger partial charge in [0.15, 0.2) is 0 Å². The molecule has 0 aliphatic heterocycles. The van der Waals surface area contributed by atoms with E-state index in [1.54, 1.807) is 18.2 Å². The molecule has 1 amide bonds. The van der Waals surface area contributed by atoms with Crippen molar-refractivity contribution in [2.24, 2.45) is 0 Å². The highest BCUT2D eigenvalue weighted by atomic mass is 35.5. The maximum Gasteiger partial charge on any atom is 0.237 e. The summed E-state index contributed by atoms with van der Waals surface area (Å²) in [5.41, 5.74) is 4.46. The maximum absolute atomic E-state index is 13.0. The van der Waals surface area contributed by atoms with Crippen LogP contribution in [0.15, 0.2) is 59.6 Å². The molecule has 1 aliphatic carbocycles. The number of nitrogens with one attached hydrogen (secondary N) is 1. The van der Waals surface area contributed by atoms with Crippen molar-refractivity contribution in [3.63, 3.8) is 0 Å². The van der Waals surface area contributed by atoms with Gasteiger partial charge in [-0.2, -0.15) is 5.26 Å². The summed E-state index contributed by atoms with van der Waals surface area (Å²) < 4.78 is 0. The molecule has 0 radical (unpaired) electrons. The first-order valence-electron chi connectivity index (χ1n) is 10.9. The number of rotatable bonds is 6. The van der Waals surface area contributed by atoms with Crippen molar-refractivity contribution in [3.8, 4) is 6.07 Å². The van der Waals surface area contributed by atoms with Crippen molar-refractivity contribution in [1.29, 1.82) is 5.26 Å². The molecule has 2 aromatic carbocycles. The number of hydrogen-bond acceptors (Lipinski definition) is 4. The summed E-state index contributed by atoms with van der Waals surface area (Å²) in [6.45, 7) is 1.94. The molecule has 1 heterocycles. The van der Waals surface area contributed by atoms with Crippen LogP contribution in [0.2, 0.25) is 10.0 Å². The number of thioether (sulfide) groups is 1. The van der Waals surface area contributed by atoms with E-state index in [4.69, 9.17) is 28.2 Å². The van der Waals surface area contributed by atoms with E-state index in [0.717, 1.165) is 30.5 Å². The van der Waals surface area contributed by atoms with E-state index in [1.165, 1.54) is 17.3 Å². The lowest BCUT2D eigenvalue weighted by molar-refractivity contribution is -0.115. The highest BCUT2D eigenvalue weighted by molar-refractivity contribution is 8.00. The number of halogens is 2. The second-order valence-electron chi connectivity index (χ2n) is 8.01. The summed E-state index contributed by atoms with van der Waals surface area (Å²) in [7, 11) is 0. The minimum Gasteiger partial charge on any atom is -0.324 e. The number of benzene rings is 2. The van der Waals surface area contributed by atoms with Gasteiger partial charge in [0.05, 0.1) is 26.5 Å². The summed E-state index contributed by atoms with van der Waals surface area (Å²) >= 11 is 13.6. The SMILES string of the molecule is CCC(Sc1nc2c(cc1C#N)CC(c1ccccc1)CC2)C(=O)Nc1cccc(Cl)c1Cl. The zero-order valence-electron chi connectivity index (χ0n) is 18.1. The van der Waals surface area contributed by atoms with Crippen molar-refractivity contribution in [2.45, 2.75) is 48.8 Å². The molecule has 4 rings (SSSR count). The van der Waals surface area contributed by atoms with Gasteiger partial charge in [-0.05, 0) is 60.9 Å². The van der Waals surface area contributed by atoms with Gasteiger partial charge in [-0.25, -0.2) is 4.98 Å². The largest absolute Gasteiger partial charge is 0.324 e. The summed E-state index contributed by atoms with van der Waals surface area (Å²) in [5, 5.41) is 13.5. The molecule has 0 saturated heterocycles. The first-order chi connectivity index (χ1) is 16.0. The van der Waals surface area contributed by atoms with Crippen LogP contribution in [0.3, 0.4) is 0 Å². The van der Waals surface area contributed by atoms with Crippen LogP contribution in [0, 0.1) is 11.3 Å². The van der Waals surface area contributed by atoms with E-state index in [1.807, 2.05) is 19.1 Å². The van der Waals surface area contributed by atoms with E-state index in [2.05, 4.69) is 35.7 Å². The molecule has 4 nitrogen and oxygen atoms in total. The van der Waals surface area contributed by atoms with E-state index >= 15 is 0 Å². The Hall–Kier alpha value is -2.52. The quantitative estimate of drug-likeness (QED) is 0.372. The van der Waals surface area contributed by atoms with Crippen molar-refractivity contribution in [3.05, 3.63) is 87.0 Å². The Kier molecular flexibility index (Phi) is 7.60. The molecule has 0 saturated carbocycles. The van der Waals surface area contributed by atoms with Crippen LogP contribution in [0.1, 0.15) is 48.1 Å². The van der Waals surface area contributed by atoms with Gasteiger partial charge in [0.2, 0.25) is 5.91 Å². The Morgan fingerprint density at radius 2 is 2.03 bits per heavy atom. The van der Waals surface area contributed by atoms with Crippen LogP contribution in [-0.2, 0) is 17.6 Å². The third kappa shape index (κ3) is 5.35. The zero-order valence-corrected chi connectivity index (χ0v) is 20.5. The number of hydrogen-bond donors (Lipinski definition) is 1. The molecule has 33 heavy (non-hydrogen) atoms. The molecule has 1 aliphatic rings. The number of pyridine rings is 1. The van der Waals surface area contributed by atoms with Crippen LogP contribution in [-0.4, -0.2) is 16.1 Å². The molecule has 0 fully saturated rings. The summed E-state index contributed by atoms with van der Waals surface area (Å²) in [5.74, 6) is 0.237. The maximum atomic E-state index is 13.0. The molecular formula is C26H23Cl2N3OS. The molecule has 7 heteroatoms. The molecule has 2 unspecified atom stereocenters. The lowest BCUT2D eigenvalue weighted by atomic mass is 9.82. The number of amides is 1. The van der Waals surface area contributed by atoms with E-state index in [-0.39, 0.29) is 5.91 Å². The van der Waals surface area contributed by atoms with E-state index < -0.39 is 5.25 Å². The predicted molar refractivity (Wildman–Crippen MR) is 135 cm³/mol. The minimum atomic E-state index is -0.418. The Bertz CT molecular complexity index is 1210. The Morgan fingerprint density at radius 1 is 1.24 bits per heavy atom. The fourth-order valence-electron chi connectivity index (χ4n) is 4.10. The molecule has 3 aromatic rings.